The van der Waals surface area contributed by atoms with Gasteiger partial charge in [0.1, 0.15) is 5.82 Å². The number of hydrogen-bond donors (Lipinski definition) is 0. The third-order valence-electron chi connectivity index (χ3n) is 3.66. The van der Waals surface area contributed by atoms with Gasteiger partial charge in [0.05, 0.1) is 15.2 Å². The van der Waals surface area contributed by atoms with Gasteiger partial charge in [0.25, 0.3) is 5.69 Å². The maximum Gasteiger partial charge on any atom is 0.269 e. The van der Waals surface area contributed by atoms with Crippen molar-refractivity contribution in [1.82, 2.24) is 4.31 Å². The van der Waals surface area contributed by atoms with E-state index < -0.39 is 26.1 Å². The molecule has 0 spiro atoms. The van der Waals surface area contributed by atoms with E-state index in [2.05, 4.69) is 0 Å². The summed E-state index contributed by atoms with van der Waals surface area (Å²) in [6, 6.07) is 10.5. The molecule has 0 bridgehead atoms. The van der Waals surface area contributed by atoms with Crippen LogP contribution in [0.1, 0.15) is 10.9 Å². The van der Waals surface area contributed by atoms with Gasteiger partial charge in [-0.1, -0.05) is 0 Å². The van der Waals surface area contributed by atoms with E-state index in [0.29, 0.717) is 17.9 Å². The van der Waals surface area contributed by atoms with Gasteiger partial charge in [-0.05, 0) is 42.0 Å². The van der Waals surface area contributed by atoms with Crippen LogP contribution >= 0.6 is 11.8 Å². The summed E-state index contributed by atoms with van der Waals surface area (Å²) in [5.74, 6) is 0.110. The summed E-state index contributed by atoms with van der Waals surface area (Å²) < 4.78 is 39.9. The number of non-ortho nitro benzene ring substituents is 1. The van der Waals surface area contributed by atoms with Crippen LogP contribution in [-0.2, 0) is 10.0 Å². The lowest BCUT2D eigenvalue weighted by atomic mass is 10.2. The standard InChI is InChI=1S/C15H13FN2O4S2/c16-12-3-7-14(8-4-12)24(21,22)17-9-10-23-15(17)11-1-5-13(6-2-11)18(19)20/h1-8,15H,9-10H2/t15-/m0/s1. The first kappa shape index (κ1) is 16.9. The molecule has 24 heavy (non-hydrogen) atoms. The molecule has 9 heteroatoms. The second-order valence-corrected chi connectivity index (χ2v) is 8.22. The third-order valence-corrected chi connectivity index (χ3v) is 6.93. The molecule has 0 aromatic heterocycles. The van der Waals surface area contributed by atoms with E-state index in [4.69, 9.17) is 0 Å². The highest BCUT2D eigenvalue weighted by Gasteiger charge is 2.36. The first-order chi connectivity index (χ1) is 11.4. The molecule has 1 atom stereocenters. The zero-order valence-corrected chi connectivity index (χ0v) is 14.0. The summed E-state index contributed by atoms with van der Waals surface area (Å²) in [6.45, 7) is 0.325. The Bertz CT molecular complexity index is 854. The largest absolute Gasteiger partial charge is 0.269 e. The molecule has 3 rings (SSSR count). The lowest BCUT2D eigenvalue weighted by molar-refractivity contribution is -0.384. The highest BCUT2D eigenvalue weighted by Crippen LogP contribution is 2.41. The maximum absolute atomic E-state index is 13.0. The van der Waals surface area contributed by atoms with Gasteiger partial charge in [-0.25, -0.2) is 12.8 Å². The molecule has 0 unspecified atom stereocenters. The number of rotatable bonds is 4. The van der Waals surface area contributed by atoms with Crippen LogP contribution in [0, 0.1) is 15.9 Å². The van der Waals surface area contributed by atoms with Gasteiger partial charge >= 0.3 is 0 Å². The quantitative estimate of drug-likeness (QED) is 0.612. The fourth-order valence-corrected chi connectivity index (χ4v) is 5.71. The highest BCUT2D eigenvalue weighted by atomic mass is 32.2. The van der Waals surface area contributed by atoms with Crippen LogP contribution < -0.4 is 0 Å². The van der Waals surface area contributed by atoms with Crippen molar-refractivity contribution in [1.29, 1.82) is 0 Å². The molecule has 126 valence electrons. The van der Waals surface area contributed by atoms with E-state index >= 15 is 0 Å². The van der Waals surface area contributed by atoms with Gasteiger partial charge in [-0.2, -0.15) is 4.31 Å². The smallest absolute Gasteiger partial charge is 0.258 e. The number of sulfonamides is 1. The van der Waals surface area contributed by atoms with Crippen molar-refractivity contribution < 1.29 is 17.7 Å². The molecule has 0 radical (unpaired) electrons. The minimum absolute atomic E-state index is 0.0262. The van der Waals surface area contributed by atoms with Crippen molar-refractivity contribution >= 4 is 27.5 Å². The fourth-order valence-electron chi connectivity index (χ4n) is 2.47. The Morgan fingerprint density at radius 2 is 1.75 bits per heavy atom. The zero-order chi connectivity index (χ0) is 17.3. The summed E-state index contributed by atoms with van der Waals surface area (Å²) >= 11 is 1.45. The van der Waals surface area contributed by atoms with Gasteiger partial charge in [0, 0.05) is 24.4 Å². The Hall–Kier alpha value is -1.97. The topological polar surface area (TPSA) is 80.5 Å². The second kappa shape index (κ2) is 6.50. The van der Waals surface area contributed by atoms with E-state index in [1.165, 1.54) is 40.3 Å². The van der Waals surface area contributed by atoms with E-state index in [1.54, 1.807) is 12.1 Å². The average molecular weight is 368 g/mol. The van der Waals surface area contributed by atoms with Crippen LogP contribution in [0.2, 0.25) is 0 Å². The second-order valence-electron chi connectivity index (χ2n) is 5.14. The van der Waals surface area contributed by atoms with E-state index in [-0.39, 0.29) is 10.6 Å². The molecule has 2 aromatic carbocycles. The minimum Gasteiger partial charge on any atom is -0.258 e. The van der Waals surface area contributed by atoms with Crippen molar-refractivity contribution in [3.8, 4) is 0 Å². The Balaban J connectivity index is 1.92. The van der Waals surface area contributed by atoms with Gasteiger partial charge in [-0.3, -0.25) is 10.1 Å². The third kappa shape index (κ3) is 3.14. The number of benzene rings is 2. The van der Waals surface area contributed by atoms with Crippen LogP contribution in [0.25, 0.3) is 0 Å². The van der Waals surface area contributed by atoms with Crippen LogP contribution in [0.5, 0.6) is 0 Å². The minimum atomic E-state index is -3.77. The Morgan fingerprint density at radius 1 is 1.12 bits per heavy atom. The summed E-state index contributed by atoms with van der Waals surface area (Å²) in [6.07, 6.45) is 0. The molecule has 1 fully saturated rings. The molecule has 2 aromatic rings. The van der Waals surface area contributed by atoms with Gasteiger partial charge in [0.15, 0.2) is 0 Å². The normalized spacial score (nSPS) is 18.6. The number of thioether (sulfide) groups is 1. The average Bonchev–Trinajstić information content (AvgIpc) is 3.06. The van der Waals surface area contributed by atoms with Gasteiger partial charge in [-0.15, -0.1) is 11.8 Å². The highest BCUT2D eigenvalue weighted by molar-refractivity contribution is 8.01. The molecule has 0 saturated carbocycles. The molecule has 0 aliphatic carbocycles. The Kier molecular flexibility index (Phi) is 4.57. The molecular weight excluding hydrogens is 355 g/mol. The monoisotopic (exact) mass is 368 g/mol. The summed E-state index contributed by atoms with van der Waals surface area (Å²) in [5.41, 5.74) is 0.628. The van der Waals surface area contributed by atoms with Crippen molar-refractivity contribution in [2.24, 2.45) is 0 Å². The molecule has 0 amide bonds. The zero-order valence-electron chi connectivity index (χ0n) is 12.3. The number of hydrogen-bond acceptors (Lipinski definition) is 5. The van der Waals surface area contributed by atoms with Crippen LogP contribution in [0.15, 0.2) is 53.4 Å². The fraction of sp³-hybridized carbons (Fsp3) is 0.200. The molecular formula is C15H13FN2O4S2. The Labute approximate surface area is 142 Å². The first-order valence-corrected chi connectivity index (χ1v) is 9.52. The molecule has 1 aliphatic rings. The molecule has 6 nitrogen and oxygen atoms in total. The van der Waals surface area contributed by atoms with Crippen LogP contribution in [0.3, 0.4) is 0 Å². The van der Waals surface area contributed by atoms with E-state index in [9.17, 15) is 22.9 Å². The lowest BCUT2D eigenvalue weighted by Crippen LogP contribution is -2.30. The van der Waals surface area contributed by atoms with Crippen LogP contribution in [0.4, 0.5) is 10.1 Å². The number of nitrogens with zero attached hydrogens (tertiary/aromatic N) is 2. The molecule has 0 N–H and O–H groups in total. The van der Waals surface area contributed by atoms with E-state index in [1.807, 2.05) is 0 Å². The molecule has 1 aliphatic heterocycles. The first-order valence-electron chi connectivity index (χ1n) is 7.03. The summed E-state index contributed by atoms with van der Waals surface area (Å²) in [7, 11) is -3.77. The van der Waals surface area contributed by atoms with Crippen LogP contribution in [-0.4, -0.2) is 29.9 Å². The summed E-state index contributed by atoms with van der Waals surface area (Å²) in [5, 5.41) is 10.3. The predicted octanol–water partition coefficient (Wildman–Crippen LogP) is 3.17. The molecule has 1 saturated heterocycles. The molecule has 1 heterocycles. The number of nitro benzene ring substituents is 1. The van der Waals surface area contributed by atoms with Crippen molar-refractivity contribution in [2.75, 3.05) is 12.3 Å². The van der Waals surface area contributed by atoms with Crippen molar-refractivity contribution in [3.63, 3.8) is 0 Å². The predicted molar refractivity (Wildman–Crippen MR) is 88.6 cm³/mol. The van der Waals surface area contributed by atoms with Gasteiger partial charge in [0.2, 0.25) is 10.0 Å². The van der Waals surface area contributed by atoms with Crippen molar-refractivity contribution in [2.45, 2.75) is 10.3 Å². The summed E-state index contributed by atoms with van der Waals surface area (Å²) in [4.78, 5) is 10.3. The number of halogens is 1. The maximum atomic E-state index is 13.0. The van der Waals surface area contributed by atoms with Gasteiger partial charge < -0.3 is 0 Å². The van der Waals surface area contributed by atoms with Crippen molar-refractivity contribution in [3.05, 3.63) is 70.0 Å². The number of nitro groups is 1. The Morgan fingerprint density at radius 3 is 2.33 bits per heavy atom. The lowest BCUT2D eigenvalue weighted by Gasteiger charge is -2.23. The van der Waals surface area contributed by atoms with E-state index in [0.717, 1.165) is 12.1 Å². The SMILES string of the molecule is O=[N+]([O-])c1ccc([C@@H]2SCCN2S(=O)(=O)c2ccc(F)cc2)cc1.